The molecule has 1 aromatic rings. The Kier molecular flexibility index (Phi) is 6.31. The predicted molar refractivity (Wildman–Crippen MR) is 88.7 cm³/mol. The summed E-state index contributed by atoms with van der Waals surface area (Å²) >= 11 is 0. The lowest BCUT2D eigenvalue weighted by atomic mass is 10.1. The summed E-state index contributed by atoms with van der Waals surface area (Å²) in [6.45, 7) is 1.98. The van der Waals surface area contributed by atoms with E-state index in [2.05, 4.69) is 5.32 Å². The summed E-state index contributed by atoms with van der Waals surface area (Å²) in [5.41, 5.74) is 7.31. The first-order valence-electron chi connectivity index (χ1n) is 8.15. The van der Waals surface area contributed by atoms with Gasteiger partial charge in [0, 0.05) is 30.8 Å². The van der Waals surface area contributed by atoms with Gasteiger partial charge in [-0.2, -0.15) is 0 Å². The molecular formula is C17H23N3O4. The topological polar surface area (TPSA) is 113 Å². The number of amides is 2. The van der Waals surface area contributed by atoms with Crippen molar-refractivity contribution < 1.29 is 19.5 Å². The number of carboxylic acid groups (broad SMARTS) is 1. The molecule has 0 fully saturated rings. The number of aliphatic carboxylic acids is 1. The first-order chi connectivity index (χ1) is 11.5. The fourth-order valence-corrected chi connectivity index (χ4v) is 2.69. The van der Waals surface area contributed by atoms with E-state index < -0.39 is 5.97 Å². The van der Waals surface area contributed by atoms with E-state index in [1.165, 1.54) is 0 Å². The molecule has 0 aromatic heterocycles. The Morgan fingerprint density at radius 3 is 2.75 bits per heavy atom. The van der Waals surface area contributed by atoms with Gasteiger partial charge >= 0.3 is 5.97 Å². The lowest BCUT2D eigenvalue weighted by Crippen LogP contribution is -2.26. The molecule has 0 saturated carbocycles. The molecule has 1 aromatic carbocycles. The number of nitrogens with two attached hydrogens (primary N) is 1. The number of benzene rings is 1. The Labute approximate surface area is 140 Å². The van der Waals surface area contributed by atoms with Crippen LogP contribution in [-0.4, -0.2) is 47.4 Å². The molecule has 1 aliphatic rings. The van der Waals surface area contributed by atoms with Crippen molar-refractivity contribution in [2.45, 2.75) is 32.2 Å². The number of nitrogens with zero attached hydrogens (tertiary/aromatic N) is 1. The van der Waals surface area contributed by atoms with E-state index in [4.69, 9.17) is 10.8 Å². The molecule has 0 unspecified atom stereocenters. The van der Waals surface area contributed by atoms with Crippen molar-refractivity contribution >= 4 is 17.8 Å². The molecule has 24 heavy (non-hydrogen) atoms. The van der Waals surface area contributed by atoms with Crippen LogP contribution in [0.25, 0.3) is 0 Å². The highest BCUT2D eigenvalue weighted by Gasteiger charge is 2.27. The number of unbranched alkanes of at least 4 members (excludes halogenated alkanes) is 2. The highest BCUT2D eigenvalue weighted by atomic mass is 16.4. The second-order valence-electron chi connectivity index (χ2n) is 5.85. The lowest BCUT2D eigenvalue weighted by molar-refractivity contribution is -0.136. The van der Waals surface area contributed by atoms with Crippen LogP contribution in [0, 0.1) is 0 Å². The number of rotatable bonds is 9. The van der Waals surface area contributed by atoms with E-state index in [1.807, 2.05) is 0 Å². The Morgan fingerprint density at radius 2 is 2.04 bits per heavy atom. The van der Waals surface area contributed by atoms with Gasteiger partial charge in [0.05, 0.1) is 6.42 Å². The van der Waals surface area contributed by atoms with Gasteiger partial charge in [-0.05, 0) is 37.1 Å². The molecule has 0 radical (unpaired) electrons. The molecule has 7 nitrogen and oxygen atoms in total. The molecule has 0 aliphatic carbocycles. The maximum atomic E-state index is 12.4. The summed E-state index contributed by atoms with van der Waals surface area (Å²) in [5.74, 6) is -1.39. The molecule has 2 rings (SSSR count). The Hall–Kier alpha value is -2.41. The second-order valence-corrected chi connectivity index (χ2v) is 5.85. The number of nitrogens with one attached hydrogen (secondary N) is 1. The second kappa shape index (κ2) is 8.44. The van der Waals surface area contributed by atoms with Crippen LogP contribution in [-0.2, 0) is 11.3 Å². The molecule has 0 spiro atoms. The average molecular weight is 333 g/mol. The van der Waals surface area contributed by atoms with E-state index in [1.54, 1.807) is 23.1 Å². The fourth-order valence-electron chi connectivity index (χ4n) is 2.69. The van der Waals surface area contributed by atoms with Crippen molar-refractivity contribution in [2.75, 3.05) is 19.6 Å². The maximum Gasteiger partial charge on any atom is 0.305 e. The van der Waals surface area contributed by atoms with Gasteiger partial charge in [-0.25, -0.2) is 0 Å². The third kappa shape index (κ3) is 4.55. The van der Waals surface area contributed by atoms with Gasteiger partial charge < -0.3 is 21.1 Å². The van der Waals surface area contributed by atoms with Gasteiger partial charge in [-0.1, -0.05) is 12.5 Å². The monoisotopic (exact) mass is 333 g/mol. The lowest BCUT2D eigenvalue weighted by Gasteiger charge is -2.14. The zero-order chi connectivity index (χ0) is 17.5. The smallest absolute Gasteiger partial charge is 0.305 e. The van der Waals surface area contributed by atoms with Crippen LogP contribution < -0.4 is 11.1 Å². The summed E-state index contributed by atoms with van der Waals surface area (Å²) in [5, 5.41) is 11.1. The van der Waals surface area contributed by atoms with Crippen molar-refractivity contribution in [3.63, 3.8) is 0 Å². The standard InChI is InChI=1S/C17H23N3O4/c18-7-2-1-3-9-20-11-13-5-4-12(10-14(13)17(20)24)16(23)19-8-6-15(21)22/h4-5,10H,1-3,6-9,11,18H2,(H,19,23)(H,21,22). The molecular weight excluding hydrogens is 310 g/mol. The molecule has 2 amide bonds. The molecule has 1 aliphatic heterocycles. The predicted octanol–water partition coefficient (Wildman–Crippen LogP) is 0.976. The number of carbonyl (C=O) groups excluding carboxylic acids is 2. The van der Waals surface area contributed by atoms with E-state index in [0.29, 0.717) is 30.8 Å². The summed E-state index contributed by atoms with van der Waals surface area (Å²) in [7, 11) is 0. The van der Waals surface area contributed by atoms with Crippen molar-refractivity contribution in [3.05, 3.63) is 34.9 Å². The molecule has 130 valence electrons. The Balaban J connectivity index is 1.95. The average Bonchev–Trinajstić information content (AvgIpc) is 2.87. The van der Waals surface area contributed by atoms with E-state index in [-0.39, 0.29) is 24.8 Å². The maximum absolute atomic E-state index is 12.4. The first kappa shape index (κ1) is 17.9. The minimum absolute atomic E-state index is 0.0575. The summed E-state index contributed by atoms with van der Waals surface area (Å²) in [4.78, 5) is 36.7. The number of hydrogen-bond acceptors (Lipinski definition) is 4. The summed E-state index contributed by atoms with van der Waals surface area (Å²) < 4.78 is 0. The highest BCUT2D eigenvalue weighted by Crippen LogP contribution is 2.24. The zero-order valence-electron chi connectivity index (χ0n) is 13.6. The molecule has 1 heterocycles. The molecule has 7 heteroatoms. The van der Waals surface area contributed by atoms with Crippen LogP contribution in [0.3, 0.4) is 0 Å². The zero-order valence-corrected chi connectivity index (χ0v) is 13.6. The largest absolute Gasteiger partial charge is 0.481 e. The Morgan fingerprint density at radius 1 is 1.25 bits per heavy atom. The van der Waals surface area contributed by atoms with Crippen LogP contribution >= 0.6 is 0 Å². The summed E-state index contributed by atoms with van der Waals surface area (Å²) in [6.07, 6.45) is 2.73. The third-order valence-corrected chi connectivity index (χ3v) is 4.01. The number of hydrogen-bond donors (Lipinski definition) is 3. The van der Waals surface area contributed by atoms with Crippen molar-refractivity contribution in [1.29, 1.82) is 0 Å². The first-order valence-corrected chi connectivity index (χ1v) is 8.15. The quantitative estimate of drug-likeness (QED) is 0.583. The number of fused-ring (bicyclic) bond motifs is 1. The van der Waals surface area contributed by atoms with Gasteiger partial charge in [0.15, 0.2) is 0 Å². The number of carbonyl (C=O) groups is 3. The molecule has 4 N–H and O–H groups in total. The van der Waals surface area contributed by atoms with Gasteiger partial charge in [-0.15, -0.1) is 0 Å². The molecule has 0 saturated heterocycles. The van der Waals surface area contributed by atoms with E-state index >= 15 is 0 Å². The van der Waals surface area contributed by atoms with Crippen LogP contribution in [0.4, 0.5) is 0 Å². The Bertz CT molecular complexity index is 630. The molecule has 0 atom stereocenters. The van der Waals surface area contributed by atoms with Crippen molar-refractivity contribution in [3.8, 4) is 0 Å². The van der Waals surface area contributed by atoms with E-state index in [0.717, 1.165) is 24.8 Å². The van der Waals surface area contributed by atoms with Crippen LogP contribution in [0.15, 0.2) is 18.2 Å². The third-order valence-electron chi connectivity index (χ3n) is 4.01. The van der Waals surface area contributed by atoms with Gasteiger partial charge in [0.1, 0.15) is 0 Å². The SMILES string of the molecule is NCCCCCN1Cc2ccc(C(=O)NCCC(=O)O)cc2C1=O. The van der Waals surface area contributed by atoms with Crippen molar-refractivity contribution in [2.24, 2.45) is 5.73 Å². The minimum atomic E-state index is -0.968. The number of carboxylic acids is 1. The van der Waals surface area contributed by atoms with E-state index in [9.17, 15) is 14.4 Å². The minimum Gasteiger partial charge on any atom is -0.481 e. The summed E-state index contributed by atoms with van der Waals surface area (Å²) in [6, 6.07) is 5.05. The van der Waals surface area contributed by atoms with Crippen LogP contribution in [0.2, 0.25) is 0 Å². The van der Waals surface area contributed by atoms with Crippen LogP contribution in [0.1, 0.15) is 52.0 Å². The molecule has 0 bridgehead atoms. The fraction of sp³-hybridized carbons (Fsp3) is 0.471. The van der Waals surface area contributed by atoms with Gasteiger partial charge in [0.25, 0.3) is 11.8 Å². The van der Waals surface area contributed by atoms with Gasteiger partial charge in [0.2, 0.25) is 0 Å². The van der Waals surface area contributed by atoms with Crippen molar-refractivity contribution in [1.82, 2.24) is 10.2 Å². The highest BCUT2D eigenvalue weighted by molar-refractivity contribution is 6.02. The van der Waals surface area contributed by atoms with Gasteiger partial charge in [-0.3, -0.25) is 14.4 Å². The van der Waals surface area contributed by atoms with Crippen LogP contribution in [0.5, 0.6) is 0 Å². The normalized spacial score (nSPS) is 13.0.